The third-order valence-corrected chi connectivity index (χ3v) is 11.0. The Bertz CT molecular complexity index is 1630. The van der Waals surface area contributed by atoms with Gasteiger partial charge in [-0.15, -0.1) is 0 Å². The van der Waals surface area contributed by atoms with E-state index in [1.54, 1.807) is 26.1 Å². The summed E-state index contributed by atoms with van der Waals surface area (Å²) in [4.78, 5) is 31.9. The van der Waals surface area contributed by atoms with Crippen LogP contribution in [-0.4, -0.2) is 103 Å². The van der Waals surface area contributed by atoms with Gasteiger partial charge in [0.15, 0.2) is 11.6 Å². The van der Waals surface area contributed by atoms with Crippen molar-refractivity contribution in [2.24, 2.45) is 5.92 Å². The molecule has 11 nitrogen and oxygen atoms in total. The first kappa shape index (κ1) is 35.3. The van der Waals surface area contributed by atoms with E-state index in [0.717, 1.165) is 76.3 Å². The van der Waals surface area contributed by atoms with E-state index in [2.05, 4.69) is 30.0 Å². The van der Waals surface area contributed by atoms with Crippen molar-refractivity contribution in [3.8, 4) is 22.9 Å². The largest absolute Gasteiger partial charge is 0.433 e. The van der Waals surface area contributed by atoms with E-state index in [4.69, 9.17) is 32.9 Å². The van der Waals surface area contributed by atoms with Crippen LogP contribution in [0.2, 0.25) is 10.0 Å². The topological polar surface area (TPSA) is 121 Å². The Balaban J connectivity index is 1.31. The van der Waals surface area contributed by atoms with Crippen LogP contribution < -0.4 is 15.0 Å². The Hall–Kier alpha value is -3.03. The Labute approximate surface area is 287 Å². The molecule has 254 valence electrons. The monoisotopic (exact) mass is 703 g/mol. The standard InChI is InChI=1S/C33H43Cl2N7O4S/c1-23(47(3,44)45)4-7-40-10-12-42(13-11-40)33-31(20-36-22-38-33)46-32-15-26(14-30(39-32)27-16-28(34)18-29(35)17-27)21-41-8-5-25(6-9-41)19-37-24(2)43/h14-18,20,22-23,25H,4-13,19,21H2,1-3H3,(H,37,43). The van der Waals surface area contributed by atoms with Gasteiger partial charge < -0.3 is 15.0 Å². The number of rotatable bonds is 12. The van der Waals surface area contributed by atoms with Gasteiger partial charge in [0.1, 0.15) is 16.2 Å². The summed E-state index contributed by atoms with van der Waals surface area (Å²) in [5, 5.41) is 3.63. The van der Waals surface area contributed by atoms with Gasteiger partial charge in [0.2, 0.25) is 11.8 Å². The number of anilines is 1. The number of nitrogens with zero attached hydrogens (tertiary/aromatic N) is 6. The van der Waals surface area contributed by atoms with Crippen molar-refractivity contribution in [3.05, 3.63) is 58.5 Å². The number of carbonyl (C=O) groups excluding carboxylic acids is 1. The Morgan fingerprint density at radius 1 is 1.02 bits per heavy atom. The van der Waals surface area contributed by atoms with Crippen molar-refractivity contribution in [1.29, 1.82) is 0 Å². The average Bonchev–Trinajstić information content (AvgIpc) is 3.03. The summed E-state index contributed by atoms with van der Waals surface area (Å²) in [5.74, 6) is 2.09. The Morgan fingerprint density at radius 3 is 2.38 bits per heavy atom. The number of hydrogen-bond acceptors (Lipinski definition) is 10. The van der Waals surface area contributed by atoms with Gasteiger partial charge in [0.25, 0.3) is 0 Å². The van der Waals surface area contributed by atoms with E-state index in [0.29, 0.717) is 52.1 Å². The maximum absolute atomic E-state index is 11.8. The highest BCUT2D eigenvalue weighted by Gasteiger charge is 2.24. The molecule has 4 heterocycles. The summed E-state index contributed by atoms with van der Waals surface area (Å²) in [6, 6.07) is 9.37. The van der Waals surface area contributed by atoms with Gasteiger partial charge in [0, 0.05) is 74.1 Å². The molecule has 2 aliphatic rings. The number of carbonyl (C=O) groups is 1. The summed E-state index contributed by atoms with van der Waals surface area (Å²) in [6.45, 7) is 10.4. The first-order chi connectivity index (χ1) is 22.4. The van der Waals surface area contributed by atoms with Crippen LogP contribution in [0, 0.1) is 5.92 Å². The number of sulfone groups is 1. The molecule has 2 aromatic heterocycles. The number of likely N-dealkylation sites (tertiary alicyclic amines) is 1. The molecule has 47 heavy (non-hydrogen) atoms. The fourth-order valence-corrected chi connectivity index (χ4v) is 7.00. The second-order valence-corrected chi connectivity index (χ2v) is 15.9. The smallest absolute Gasteiger partial charge is 0.220 e. The summed E-state index contributed by atoms with van der Waals surface area (Å²) in [5.41, 5.74) is 2.52. The number of pyridine rings is 1. The second-order valence-electron chi connectivity index (χ2n) is 12.6. The van der Waals surface area contributed by atoms with E-state index >= 15 is 0 Å². The zero-order valence-corrected chi connectivity index (χ0v) is 29.5. The normalized spacial score (nSPS) is 17.4. The van der Waals surface area contributed by atoms with Gasteiger partial charge in [-0.1, -0.05) is 23.2 Å². The molecule has 2 aliphatic heterocycles. The molecule has 1 unspecified atom stereocenters. The number of ether oxygens (including phenoxy) is 1. The van der Waals surface area contributed by atoms with Crippen molar-refractivity contribution >= 4 is 44.8 Å². The molecule has 0 radical (unpaired) electrons. The van der Waals surface area contributed by atoms with Gasteiger partial charge in [0.05, 0.1) is 17.1 Å². The number of aromatic nitrogens is 3. The zero-order chi connectivity index (χ0) is 33.6. The first-order valence-electron chi connectivity index (χ1n) is 16.0. The van der Waals surface area contributed by atoms with E-state index in [-0.39, 0.29) is 11.2 Å². The minimum atomic E-state index is -3.04. The van der Waals surface area contributed by atoms with Crippen molar-refractivity contribution in [2.45, 2.75) is 44.9 Å². The lowest BCUT2D eigenvalue weighted by atomic mass is 9.96. The summed E-state index contributed by atoms with van der Waals surface area (Å²) in [7, 11) is -3.04. The minimum absolute atomic E-state index is 0.0104. The highest BCUT2D eigenvalue weighted by molar-refractivity contribution is 7.91. The summed E-state index contributed by atoms with van der Waals surface area (Å²) >= 11 is 12.7. The number of nitrogens with one attached hydrogen (secondary N) is 1. The quantitative estimate of drug-likeness (QED) is 0.278. The van der Waals surface area contributed by atoms with Crippen LogP contribution in [0.4, 0.5) is 5.82 Å². The van der Waals surface area contributed by atoms with Crippen molar-refractivity contribution in [3.63, 3.8) is 0 Å². The molecule has 0 spiro atoms. The average molecular weight is 705 g/mol. The van der Waals surface area contributed by atoms with E-state index in [9.17, 15) is 13.2 Å². The van der Waals surface area contributed by atoms with Crippen LogP contribution in [0.3, 0.4) is 0 Å². The number of piperidine rings is 1. The van der Waals surface area contributed by atoms with Crippen molar-refractivity contribution in [2.75, 3.05) is 63.5 Å². The minimum Gasteiger partial charge on any atom is -0.433 e. The fourth-order valence-electron chi connectivity index (χ4n) is 5.94. The van der Waals surface area contributed by atoms with Crippen LogP contribution in [0.5, 0.6) is 11.6 Å². The molecule has 3 aromatic rings. The number of amides is 1. The number of benzene rings is 1. The van der Waals surface area contributed by atoms with Gasteiger partial charge in [-0.2, -0.15) is 0 Å². The molecule has 2 saturated heterocycles. The zero-order valence-electron chi connectivity index (χ0n) is 27.2. The second kappa shape index (κ2) is 15.9. The summed E-state index contributed by atoms with van der Waals surface area (Å²) in [6.07, 6.45) is 7.11. The SMILES string of the molecule is CC(=O)NCC1CCN(Cc2cc(Oc3cncnc3N3CCN(CCC(C)S(C)(=O)=O)CC3)nc(-c3cc(Cl)cc(Cl)c3)c2)CC1. The highest BCUT2D eigenvalue weighted by atomic mass is 35.5. The molecular formula is C33H43Cl2N7O4S. The van der Waals surface area contributed by atoms with Gasteiger partial charge in [-0.3, -0.25) is 14.6 Å². The lowest BCUT2D eigenvalue weighted by Gasteiger charge is -2.36. The van der Waals surface area contributed by atoms with Gasteiger partial charge in [-0.25, -0.2) is 23.4 Å². The number of halogens is 2. The van der Waals surface area contributed by atoms with Crippen LogP contribution in [0.1, 0.15) is 38.7 Å². The van der Waals surface area contributed by atoms with Crippen LogP contribution >= 0.6 is 23.2 Å². The molecule has 14 heteroatoms. The molecule has 1 aromatic carbocycles. The predicted molar refractivity (Wildman–Crippen MR) is 186 cm³/mol. The molecule has 5 rings (SSSR count). The number of hydrogen-bond donors (Lipinski definition) is 1. The van der Waals surface area contributed by atoms with E-state index in [1.165, 1.54) is 12.6 Å². The molecule has 2 fully saturated rings. The van der Waals surface area contributed by atoms with E-state index < -0.39 is 9.84 Å². The first-order valence-corrected chi connectivity index (χ1v) is 18.7. The Kier molecular flexibility index (Phi) is 11.9. The molecule has 0 bridgehead atoms. The van der Waals surface area contributed by atoms with Gasteiger partial charge >= 0.3 is 0 Å². The van der Waals surface area contributed by atoms with Crippen LogP contribution in [0.25, 0.3) is 11.3 Å². The van der Waals surface area contributed by atoms with Crippen LogP contribution in [0.15, 0.2) is 42.9 Å². The maximum Gasteiger partial charge on any atom is 0.220 e. The predicted octanol–water partition coefficient (Wildman–Crippen LogP) is 4.93. The maximum atomic E-state index is 11.8. The summed E-state index contributed by atoms with van der Waals surface area (Å²) < 4.78 is 30.1. The lowest BCUT2D eigenvalue weighted by Crippen LogP contribution is -2.47. The molecule has 0 aliphatic carbocycles. The third kappa shape index (κ3) is 10.2. The number of piperazine rings is 1. The Morgan fingerprint density at radius 2 is 1.72 bits per heavy atom. The van der Waals surface area contributed by atoms with E-state index in [1.807, 2.05) is 24.3 Å². The van der Waals surface area contributed by atoms with Crippen molar-refractivity contribution in [1.82, 2.24) is 30.1 Å². The van der Waals surface area contributed by atoms with Crippen molar-refractivity contribution < 1.29 is 17.9 Å². The molecular weight excluding hydrogens is 661 g/mol. The molecule has 0 saturated carbocycles. The fraction of sp³-hybridized carbons (Fsp3) is 0.515. The molecule has 1 N–H and O–H groups in total. The van der Waals surface area contributed by atoms with Gasteiger partial charge in [-0.05, 0) is 81.6 Å². The molecule has 1 amide bonds. The van der Waals surface area contributed by atoms with Crippen LogP contribution in [-0.2, 0) is 21.2 Å². The third-order valence-electron chi connectivity index (χ3n) is 8.90. The highest BCUT2D eigenvalue weighted by Crippen LogP contribution is 2.33. The lowest BCUT2D eigenvalue weighted by molar-refractivity contribution is -0.119. The molecule has 1 atom stereocenters.